The van der Waals surface area contributed by atoms with Gasteiger partial charge in [0.1, 0.15) is 11.6 Å². The number of amides is 1. The van der Waals surface area contributed by atoms with Gasteiger partial charge in [0.2, 0.25) is 0 Å². The van der Waals surface area contributed by atoms with Gasteiger partial charge < -0.3 is 10.1 Å². The lowest BCUT2D eigenvalue weighted by Crippen LogP contribution is -2.14. The lowest BCUT2D eigenvalue weighted by Gasteiger charge is -2.11. The molecule has 1 amide bonds. The normalized spacial score (nSPS) is 10.3. The summed E-state index contributed by atoms with van der Waals surface area (Å²) in [6.07, 6.45) is 0. The molecule has 110 valence electrons. The molecule has 7 heteroatoms. The zero-order valence-corrected chi connectivity index (χ0v) is 16.0. The first-order valence-corrected chi connectivity index (χ1v) is 8.38. The number of halogens is 4. The van der Waals surface area contributed by atoms with E-state index in [1.54, 1.807) is 19.2 Å². The van der Waals surface area contributed by atoms with Gasteiger partial charge in [-0.2, -0.15) is 0 Å². The van der Waals surface area contributed by atoms with Crippen molar-refractivity contribution in [3.8, 4) is 5.75 Å². The number of carbonyl (C=O) groups is 1. The molecule has 0 atom stereocenters. The second-order valence-electron chi connectivity index (χ2n) is 4.04. The first-order chi connectivity index (χ1) is 9.92. The zero-order chi connectivity index (χ0) is 15.6. The summed E-state index contributed by atoms with van der Waals surface area (Å²) in [5.41, 5.74) is 0.978. The summed E-state index contributed by atoms with van der Waals surface area (Å²) >= 11 is 8.67. The fraction of sp³-hybridized carbons (Fsp3) is 0.0714. The Morgan fingerprint density at radius 3 is 2.57 bits per heavy atom. The van der Waals surface area contributed by atoms with E-state index in [-0.39, 0.29) is 11.7 Å². The maximum absolute atomic E-state index is 13.1. The standard InChI is InChI=1S/C14H9Br2FINO2/c1-21-13-6-12(9(15)5-10(13)16)19-14(20)8-3-2-7(17)4-11(8)18/h2-6H,1H3,(H,19,20). The van der Waals surface area contributed by atoms with Crippen LogP contribution in [0.4, 0.5) is 10.1 Å². The molecule has 0 spiro atoms. The van der Waals surface area contributed by atoms with Crippen LogP contribution < -0.4 is 10.1 Å². The van der Waals surface area contributed by atoms with Crippen molar-refractivity contribution in [3.63, 3.8) is 0 Å². The molecule has 21 heavy (non-hydrogen) atoms. The van der Waals surface area contributed by atoms with Crippen LogP contribution in [0.15, 0.2) is 39.3 Å². The number of carbonyl (C=O) groups excluding carboxylic acids is 1. The van der Waals surface area contributed by atoms with Gasteiger partial charge >= 0.3 is 0 Å². The smallest absolute Gasteiger partial charge is 0.256 e. The van der Waals surface area contributed by atoms with Crippen LogP contribution in [0.3, 0.4) is 0 Å². The maximum atomic E-state index is 13.1. The molecule has 0 saturated carbocycles. The van der Waals surface area contributed by atoms with Gasteiger partial charge in [0, 0.05) is 14.1 Å². The van der Waals surface area contributed by atoms with E-state index in [1.165, 1.54) is 18.2 Å². The van der Waals surface area contributed by atoms with Crippen molar-refractivity contribution in [3.05, 3.63) is 54.2 Å². The van der Waals surface area contributed by atoms with Crippen LogP contribution in [0, 0.1) is 9.39 Å². The van der Waals surface area contributed by atoms with Crippen LogP contribution in [-0.2, 0) is 0 Å². The molecule has 0 radical (unpaired) electrons. The highest BCUT2D eigenvalue weighted by atomic mass is 127. The summed E-state index contributed by atoms with van der Waals surface area (Å²) in [4.78, 5) is 12.3. The quantitative estimate of drug-likeness (QED) is 0.555. The summed E-state index contributed by atoms with van der Waals surface area (Å²) in [7, 11) is 1.54. The zero-order valence-electron chi connectivity index (χ0n) is 10.7. The number of rotatable bonds is 3. The fourth-order valence-electron chi connectivity index (χ4n) is 1.64. The monoisotopic (exact) mass is 527 g/mol. The van der Waals surface area contributed by atoms with Crippen molar-refractivity contribution in [1.82, 2.24) is 0 Å². The van der Waals surface area contributed by atoms with Crippen molar-refractivity contribution >= 4 is 66.0 Å². The van der Waals surface area contributed by atoms with Crippen LogP contribution in [0.2, 0.25) is 0 Å². The maximum Gasteiger partial charge on any atom is 0.256 e. The molecule has 0 heterocycles. The predicted molar refractivity (Wildman–Crippen MR) is 95.5 cm³/mol. The number of hydrogen-bond acceptors (Lipinski definition) is 2. The highest BCUT2D eigenvalue weighted by Crippen LogP contribution is 2.34. The van der Waals surface area contributed by atoms with E-state index in [1.807, 2.05) is 22.6 Å². The van der Waals surface area contributed by atoms with Crippen LogP contribution in [0.5, 0.6) is 5.75 Å². The van der Waals surface area contributed by atoms with E-state index in [0.29, 0.717) is 25.0 Å². The molecule has 0 saturated heterocycles. The lowest BCUT2D eigenvalue weighted by atomic mass is 10.2. The largest absolute Gasteiger partial charge is 0.495 e. The number of anilines is 1. The number of benzene rings is 2. The Morgan fingerprint density at radius 1 is 1.24 bits per heavy atom. The molecule has 2 rings (SSSR count). The third-order valence-electron chi connectivity index (χ3n) is 2.67. The Morgan fingerprint density at radius 2 is 1.95 bits per heavy atom. The van der Waals surface area contributed by atoms with Gasteiger partial charge in [0.05, 0.1) is 22.8 Å². The Kier molecular flexibility index (Phi) is 5.61. The van der Waals surface area contributed by atoms with E-state index in [0.717, 1.165) is 4.47 Å². The molecule has 0 aliphatic heterocycles. The molecule has 3 nitrogen and oxygen atoms in total. The first kappa shape index (κ1) is 16.7. The van der Waals surface area contributed by atoms with Crippen molar-refractivity contribution < 1.29 is 13.9 Å². The summed E-state index contributed by atoms with van der Waals surface area (Å²) in [6.45, 7) is 0. The first-order valence-electron chi connectivity index (χ1n) is 5.72. The van der Waals surface area contributed by atoms with E-state index in [2.05, 4.69) is 37.2 Å². The predicted octanol–water partition coefficient (Wildman–Crippen LogP) is 5.22. The molecule has 1 N–H and O–H groups in total. The fourth-order valence-corrected chi connectivity index (χ4v) is 3.62. The van der Waals surface area contributed by atoms with Crippen LogP contribution >= 0.6 is 54.5 Å². The molecule has 0 unspecified atom stereocenters. The van der Waals surface area contributed by atoms with E-state index >= 15 is 0 Å². The summed E-state index contributed by atoms with van der Waals surface area (Å²) in [6, 6.07) is 7.50. The molecule has 0 bridgehead atoms. The van der Waals surface area contributed by atoms with Gasteiger partial charge in [-0.05, 0) is 78.7 Å². The van der Waals surface area contributed by atoms with Crippen molar-refractivity contribution in [2.24, 2.45) is 0 Å². The molecule has 0 aromatic heterocycles. The van der Waals surface area contributed by atoms with E-state index < -0.39 is 0 Å². The molecular formula is C14H9Br2FINO2. The minimum Gasteiger partial charge on any atom is -0.495 e. The number of ether oxygens (including phenoxy) is 1. The number of hydrogen-bond donors (Lipinski definition) is 1. The molecule has 0 aliphatic carbocycles. The Balaban J connectivity index is 2.31. The van der Waals surface area contributed by atoms with Gasteiger partial charge in [-0.15, -0.1) is 0 Å². The van der Waals surface area contributed by atoms with Crippen LogP contribution in [-0.4, -0.2) is 13.0 Å². The SMILES string of the molecule is COc1cc(NC(=O)c2ccc(F)cc2I)c(Br)cc1Br. The number of nitrogens with one attached hydrogen (secondary N) is 1. The van der Waals surface area contributed by atoms with Gasteiger partial charge in [-0.1, -0.05) is 0 Å². The highest BCUT2D eigenvalue weighted by molar-refractivity contribution is 14.1. The number of methoxy groups -OCH3 is 1. The second kappa shape index (κ2) is 7.06. The summed E-state index contributed by atoms with van der Waals surface area (Å²) in [5.74, 6) is -0.0887. The summed E-state index contributed by atoms with van der Waals surface area (Å²) < 4.78 is 20.3. The van der Waals surface area contributed by atoms with E-state index in [4.69, 9.17) is 4.74 Å². The average molecular weight is 529 g/mol. The lowest BCUT2D eigenvalue weighted by molar-refractivity contribution is 0.102. The Hall–Kier alpha value is -0.670. The minimum absolute atomic E-state index is 0.315. The van der Waals surface area contributed by atoms with Gasteiger partial charge in [-0.3, -0.25) is 4.79 Å². The molecule has 2 aromatic carbocycles. The molecular weight excluding hydrogens is 520 g/mol. The molecule has 0 aliphatic rings. The second-order valence-corrected chi connectivity index (χ2v) is 6.92. The van der Waals surface area contributed by atoms with Crippen LogP contribution in [0.1, 0.15) is 10.4 Å². The van der Waals surface area contributed by atoms with Crippen molar-refractivity contribution in [1.29, 1.82) is 0 Å². The third-order valence-corrected chi connectivity index (χ3v) is 4.83. The van der Waals surface area contributed by atoms with Crippen LogP contribution in [0.25, 0.3) is 0 Å². The highest BCUT2D eigenvalue weighted by Gasteiger charge is 2.14. The third kappa shape index (κ3) is 3.95. The average Bonchev–Trinajstić information content (AvgIpc) is 2.41. The van der Waals surface area contributed by atoms with Gasteiger partial charge in [-0.25, -0.2) is 4.39 Å². The topological polar surface area (TPSA) is 38.3 Å². The summed E-state index contributed by atoms with van der Waals surface area (Å²) in [5, 5.41) is 2.77. The van der Waals surface area contributed by atoms with Gasteiger partial charge in [0.25, 0.3) is 5.91 Å². The van der Waals surface area contributed by atoms with Gasteiger partial charge in [0.15, 0.2) is 0 Å². The Labute approximate surface area is 151 Å². The molecule has 2 aromatic rings. The van der Waals surface area contributed by atoms with Crippen molar-refractivity contribution in [2.45, 2.75) is 0 Å². The molecule has 0 fully saturated rings. The van der Waals surface area contributed by atoms with E-state index in [9.17, 15) is 9.18 Å². The minimum atomic E-state index is -0.373. The Bertz CT molecular complexity index is 710. The van der Waals surface area contributed by atoms with Crippen molar-refractivity contribution in [2.75, 3.05) is 12.4 Å².